The van der Waals surface area contributed by atoms with Gasteiger partial charge >= 0.3 is 0 Å². The van der Waals surface area contributed by atoms with Crippen LogP contribution < -0.4 is 10.1 Å². The summed E-state index contributed by atoms with van der Waals surface area (Å²) in [6.45, 7) is 3.32. The van der Waals surface area contributed by atoms with Crippen LogP contribution in [0.2, 0.25) is 0 Å². The Labute approximate surface area is 133 Å². The van der Waals surface area contributed by atoms with Crippen molar-refractivity contribution >= 4 is 27.5 Å². The molecule has 0 atom stereocenters. The zero-order valence-electron chi connectivity index (χ0n) is 12.6. The van der Waals surface area contributed by atoms with E-state index >= 15 is 0 Å². The Morgan fingerprint density at radius 3 is 2.95 bits per heavy atom. The minimum absolute atomic E-state index is 0.0481. The van der Waals surface area contributed by atoms with Gasteiger partial charge in [0.2, 0.25) is 0 Å². The fraction of sp³-hybridized carbons (Fsp3) is 0.235. The van der Waals surface area contributed by atoms with Crippen LogP contribution in [-0.2, 0) is 13.1 Å². The number of carbonyl (C=O) groups is 1. The zero-order chi connectivity index (χ0) is 15.5. The number of ether oxygens (including phenoxy) is 1. The standard InChI is InChI=1S/C17H18N2O2S/c1-3-19-14-7-8-22-16(14)10-15(19)17(20)18-11-12-5-4-6-13(9-12)21-2/h4-10H,3,11H2,1-2H3,(H,18,20). The van der Waals surface area contributed by atoms with E-state index in [1.807, 2.05) is 34.9 Å². The Morgan fingerprint density at radius 2 is 2.18 bits per heavy atom. The fourth-order valence-corrected chi connectivity index (χ4v) is 3.38. The molecule has 0 saturated carbocycles. The number of nitrogens with one attached hydrogen (secondary N) is 1. The maximum atomic E-state index is 12.5. The van der Waals surface area contributed by atoms with Crippen molar-refractivity contribution in [3.05, 3.63) is 53.0 Å². The topological polar surface area (TPSA) is 43.3 Å². The largest absolute Gasteiger partial charge is 0.497 e. The molecule has 1 amide bonds. The maximum absolute atomic E-state index is 12.5. The SMILES string of the molecule is CCn1c(C(=O)NCc2cccc(OC)c2)cc2sccc21. The molecule has 0 spiro atoms. The van der Waals surface area contributed by atoms with Crippen molar-refractivity contribution < 1.29 is 9.53 Å². The number of fused-ring (bicyclic) bond motifs is 1. The molecule has 2 aromatic heterocycles. The van der Waals surface area contributed by atoms with Crippen molar-refractivity contribution in [2.24, 2.45) is 0 Å². The number of amides is 1. The van der Waals surface area contributed by atoms with Crippen LogP contribution in [0.15, 0.2) is 41.8 Å². The van der Waals surface area contributed by atoms with Crippen molar-refractivity contribution in [2.45, 2.75) is 20.0 Å². The molecule has 0 unspecified atom stereocenters. The van der Waals surface area contributed by atoms with Crippen LogP contribution in [0.25, 0.3) is 10.2 Å². The van der Waals surface area contributed by atoms with Gasteiger partial charge in [-0.1, -0.05) is 12.1 Å². The second kappa shape index (κ2) is 6.23. The van der Waals surface area contributed by atoms with E-state index in [0.29, 0.717) is 12.2 Å². The molecule has 22 heavy (non-hydrogen) atoms. The third kappa shape index (κ3) is 2.72. The maximum Gasteiger partial charge on any atom is 0.268 e. The molecule has 0 saturated heterocycles. The van der Waals surface area contributed by atoms with Crippen LogP contribution in [-0.4, -0.2) is 17.6 Å². The second-order valence-electron chi connectivity index (χ2n) is 4.98. The summed E-state index contributed by atoms with van der Waals surface area (Å²) in [6, 6.07) is 11.7. The van der Waals surface area contributed by atoms with Crippen LogP contribution in [0, 0.1) is 0 Å². The number of hydrogen-bond donors (Lipinski definition) is 1. The van der Waals surface area contributed by atoms with E-state index in [4.69, 9.17) is 4.74 Å². The average molecular weight is 314 g/mol. The summed E-state index contributed by atoms with van der Waals surface area (Å²) in [6.07, 6.45) is 0. The lowest BCUT2D eigenvalue weighted by Gasteiger charge is -2.09. The number of nitrogens with zero attached hydrogens (tertiary/aromatic N) is 1. The van der Waals surface area contributed by atoms with Crippen LogP contribution in [0.3, 0.4) is 0 Å². The number of thiophene rings is 1. The van der Waals surface area contributed by atoms with Gasteiger partial charge in [-0.3, -0.25) is 4.79 Å². The minimum atomic E-state index is -0.0481. The Bertz CT molecular complexity index is 804. The molecule has 0 fully saturated rings. The van der Waals surface area contributed by atoms with E-state index in [2.05, 4.69) is 23.7 Å². The molecule has 114 valence electrons. The number of aryl methyl sites for hydroxylation is 1. The third-order valence-corrected chi connectivity index (χ3v) is 4.51. The van der Waals surface area contributed by atoms with Crippen molar-refractivity contribution in [2.75, 3.05) is 7.11 Å². The molecule has 2 heterocycles. The van der Waals surface area contributed by atoms with Crippen LogP contribution >= 0.6 is 11.3 Å². The normalized spacial score (nSPS) is 10.8. The first-order chi connectivity index (χ1) is 10.7. The Hall–Kier alpha value is -2.27. The molecule has 3 rings (SSSR count). The Morgan fingerprint density at radius 1 is 1.32 bits per heavy atom. The van der Waals surface area contributed by atoms with Gasteiger partial charge in [0.15, 0.2) is 0 Å². The van der Waals surface area contributed by atoms with Gasteiger partial charge in [0.05, 0.1) is 17.3 Å². The van der Waals surface area contributed by atoms with Gasteiger partial charge in [-0.2, -0.15) is 0 Å². The molecule has 3 aromatic rings. The molecule has 0 bridgehead atoms. The van der Waals surface area contributed by atoms with Crippen LogP contribution in [0.5, 0.6) is 5.75 Å². The van der Waals surface area contributed by atoms with Crippen molar-refractivity contribution in [3.63, 3.8) is 0 Å². The van der Waals surface area contributed by atoms with Gasteiger partial charge in [-0.25, -0.2) is 0 Å². The van der Waals surface area contributed by atoms with Gasteiger partial charge in [0.1, 0.15) is 11.4 Å². The van der Waals surface area contributed by atoms with Gasteiger partial charge in [0, 0.05) is 13.1 Å². The van der Waals surface area contributed by atoms with E-state index in [0.717, 1.165) is 28.1 Å². The van der Waals surface area contributed by atoms with Crippen LogP contribution in [0.1, 0.15) is 23.0 Å². The molecule has 5 heteroatoms. The first kappa shape index (κ1) is 14.7. The summed E-state index contributed by atoms with van der Waals surface area (Å²) < 4.78 is 8.39. The summed E-state index contributed by atoms with van der Waals surface area (Å²) >= 11 is 1.66. The average Bonchev–Trinajstić information content (AvgIpc) is 3.13. The van der Waals surface area contributed by atoms with E-state index in [1.165, 1.54) is 0 Å². The molecular formula is C17H18N2O2S. The molecule has 4 nitrogen and oxygen atoms in total. The lowest BCUT2D eigenvalue weighted by atomic mass is 10.2. The van der Waals surface area contributed by atoms with Crippen molar-refractivity contribution in [3.8, 4) is 5.75 Å². The van der Waals surface area contributed by atoms with Gasteiger partial charge in [0.25, 0.3) is 5.91 Å². The Balaban J connectivity index is 1.76. The smallest absolute Gasteiger partial charge is 0.268 e. The monoisotopic (exact) mass is 314 g/mol. The number of carbonyl (C=O) groups excluding carboxylic acids is 1. The lowest BCUT2D eigenvalue weighted by molar-refractivity contribution is 0.0942. The molecule has 0 aliphatic heterocycles. The van der Waals surface area contributed by atoms with E-state index in [1.54, 1.807) is 18.4 Å². The van der Waals surface area contributed by atoms with Gasteiger partial charge in [-0.05, 0) is 42.1 Å². The summed E-state index contributed by atoms with van der Waals surface area (Å²) in [5, 5.41) is 5.03. The molecule has 0 aliphatic rings. The van der Waals surface area contributed by atoms with Crippen LogP contribution in [0.4, 0.5) is 0 Å². The number of methoxy groups -OCH3 is 1. The van der Waals surface area contributed by atoms with Gasteiger partial charge in [-0.15, -0.1) is 11.3 Å². The van der Waals surface area contributed by atoms with Crippen molar-refractivity contribution in [1.29, 1.82) is 0 Å². The van der Waals surface area contributed by atoms with E-state index < -0.39 is 0 Å². The Kier molecular flexibility index (Phi) is 4.15. The summed E-state index contributed by atoms with van der Waals surface area (Å²) in [7, 11) is 1.64. The zero-order valence-corrected chi connectivity index (χ0v) is 13.4. The number of benzene rings is 1. The highest BCUT2D eigenvalue weighted by atomic mass is 32.1. The first-order valence-corrected chi connectivity index (χ1v) is 8.08. The van der Waals surface area contributed by atoms with E-state index in [-0.39, 0.29) is 5.91 Å². The highest BCUT2D eigenvalue weighted by molar-refractivity contribution is 7.17. The highest BCUT2D eigenvalue weighted by Crippen LogP contribution is 2.25. The molecule has 1 aromatic carbocycles. The lowest BCUT2D eigenvalue weighted by Crippen LogP contribution is -2.25. The second-order valence-corrected chi connectivity index (χ2v) is 5.93. The first-order valence-electron chi connectivity index (χ1n) is 7.20. The number of rotatable bonds is 5. The third-order valence-electron chi connectivity index (χ3n) is 3.66. The summed E-state index contributed by atoms with van der Waals surface area (Å²) in [4.78, 5) is 12.5. The highest BCUT2D eigenvalue weighted by Gasteiger charge is 2.15. The van der Waals surface area contributed by atoms with E-state index in [9.17, 15) is 4.79 Å². The molecular weight excluding hydrogens is 296 g/mol. The van der Waals surface area contributed by atoms with Gasteiger partial charge < -0.3 is 14.6 Å². The molecule has 1 N–H and O–H groups in total. The fourth-order valence-electron chi connectivity index (χ4n) is 2.56. The molecule has 0 radical (unpaired) electrons. The summed E-state index contributed by atoms with van der Waals surface area (Å²) in [5.74, 6) is 0.747. The minimum Gasteiger partial charge on any atom is -0.497 e. The number of hydrogen-bond acceptors (Lipinski definition) is 3. The predicted octanol–water partition coefficient (Wildman–Crippen LogP) is 3.66. The number of aromatic nitrogens is 1. The summed E-state index contributed by atoms with van der Waals surface area (Å²) in [5.41, 5.74) is 2.86. The quantitative estimate of drug-likeness (QED) is 0.781. The predicted molar refractivity (Wildman–Crippen MR) is 89.7 cm³/mol. The van der Waals surface area contributed by atoms with Crippen molar-refractivity contribution in [1.82, 2.24) is 9.88 Å². The molecule has 0 aliphatic carbocycles.